The fraction of sp³-hybridized carbons (Fsp3) is 1.00. The first-order valence-corrected chi connectivity index (χ1v) is 5.96. The van der Waals surface area contributed by atoms with Crippen LogP contribution in [0.15, 0.2) is 0 Å². The van der Waals surface area contributed by atoms with Crippen molar-refractivity contribution < 1.29 is 9.47 Å². The van der Waals surface area contributed by atoms with Gasteiger partial charge in [0.05, 0.1) is 24.4 Å². The Morgan fingerprint density at radius 1 is 1.00 bits per heavy atom. The van der Waals surface area contributed by atoms with Gasteiger partial charge in [0.2, 0.25) is 0 Å². The first-order valence-electron chi connectivity index (χ1n) is 5.96. The molecule has 1 rings (SSSR count). The molecule has 0 unspecified atom stereocenters. The molecule has 2 heteroatoms. The van der Waals surface area contributed by atoms with E-state index in [0.717, 1.165) is 25.7 Å². The van der Waals surface area contributed by atoms with Crippen LogP contribution in [0.1, 0.15) is 53.4 Å². The molecule has 0 amide bonds. The standard InChI is InChI=1S/C12H24O2/c1-5-10(6-2)14-12-7-11(8-12)13-9(3)4/h9-12H,5-8H2,1-4H3. The lowest BCUT2D eigenvalue weighted by atomic mass is 9.91. The van der Waals surface area contributed by atoms with E-state index in [1.54, 1.807) is 0 Å². The molecule has 14 heavy (non-hydrogen) atoms. The fourth-order valence-electron chi connectivity index (χ4n) is 1.88. The predicted molar refractivity (Wildman–Crippen MR) is 58.5 cm³/mol. The van der Waals surface area contributed by atoms with Crippen molar-refractivity contribution in [1.29, 1.82) is 0 Å². The zero-order chi connectivity index (χ0) is 10.6. The number of hydrogen-bond acceptors (Lipinski definition) is 2. The Balaban J connectivity index is 2.09. The lowest BCUT2D eigenvalue weighted by molar-refractivity contribution is -0.139. The Kier molecular flexibility index (Phi) is 4.90. The lowest BCUT2D eigenvalue weighted by Gasteiger charge is -2.38. The van der Waals surface area contributed by atoms with E-state index in [0.29, 0.717) is 24.4 Å². The second-order valence-electron chi connectivity index (χ2n) is 4.47. The summed E-state index contributed by atoms with van der Waals surface area (Å²) < 4.78 is 11.6. The van der Waals surface area contributed by atoms with Crippen LogP contribution in [0.25, 0.3) is 0 Å². The van der Waals surface area contributed by atoms with E-state index < -0.39 is 0 Å². The highest BCUT2D eigenvalue weighted by atomic mass is 16.5. The Morgan fingerprint density at radius 2 is 1.50 bits per heavy atom. The summed E-state index contributed by atoms with van der Waals surface area (Å²) in [6.07, 6.45) is 6.17. The van der Waals surface area contributed by atoms with E-state index in [1.165, 1.54) is 0 Å². The maximum Gasteiger partial charge on any atom is 0.0628 e. The summed E-state index contributed by atoms with van der Waals surface area (Å²) in [5, 5.41) is 0. The van der Waals surface area contributed by atoms with Gasteiger partial charge in [-0.25, -0.2) is 0 Å². The van der Waals surface area contributed by atoms with Gasteiger partial charge in [-0.15, -0.1) is 0 Å². The van der Waals surface area contributed by atoms with Gasteiger partial charge in [0.25, 0.3) is 0 Å². The first-order chi connectivity index (χ1) is 6.65. The maximum atomic E-state index is 5.92. The average molecular weight is 200 g/mol. The van der Waals surface area contributed by atoms with E-state index in [4.69, 9.17) is 9.47 Å². The summed E-state index contributed by atoms with van der Waals surface area (Å²) >= 11 is 0. The highest BCUT2D eigenvalue weighted by molar-refractivity contribution is 4.82. The third kappa shape index (κ3) is 3.58. The molecule has 0 heterocycles. The van der Waals surface area contributed by atoms with Crippen LogP contribution in [0.5, 0.6) is 0 Å². The van der Waals surface area contributed by atoms with Crippen molar-refractivity contribution in [2.24, 2.45) is 0 Å². The van der Waals surface area contributed by atoms with Gasteiger partial charge in [-0.2, -0.15) is 0 Å². The molecular weight excluding hydrogens is 176 g/mol. The van der Waals surface area contributed by atoms with Crippen LogP contribution in [0.2, 0.25) is 0 Å². The van der Waals surface area contributed by atoms with Crippen molar-refractivity contribution in [3.63, 3.8) is 0 Å². The van der Waals surface area contributed by atoms with E-state index in [-0.39, 0.29) is 0 Å². The molecule has 2 nitrogen and oxygen atoms in total. The van der Waals surface area contributed by atoms with E-state index in [1.807, 2.05) is 0 Å². The molecular formula is C12H24O2. The molecule has 0 radical (unpaired) electrons. The smallest absolute Gasteiger partial charge is 0.0628 e. The number of ether oxygens (including phenoxy) is 2. The normalized spacial score (nSPS) is 27.0. The van der Waals surface area contributed by atoms with Gasteiger partial charge in [0.1, 0.15) is 0 Å². The lowest BCUT2D eigenvalue weighted by Crippen LogP contribution is -2.40. The minimum Gasteiger partial charge on any atom is -0.375 e. The molecule has 1 saturated carbocycles. The molecule has 84 valence electrons. The number of hydrogen-bond donors (Lipinski definition) is 0. The topological polar surface area (TPSA) is 18.5 Å². The van der Waals surface area contributed by atoms with Crippen molar-refractivity contribution in [3.8, 4) is 0 Å². The van der Waals surface area contributed by atoms with Gasteiger partial charge in [-0.3, -0.25) is 0 Å². The highest BCUT2D eigenvalue weighted by Crippen LogP contribution is 2.29. The van der Waals surface area contributed by atoms with E-state index in [9.17, 15) is 0 Å². The average Bonchev–Trinajstić information content (AvgIpc) is 2.08. The summed E-state index contributed by atoms with van der Waals surface area (Å²) in [5.74, 6) is 0. The monoisotopic (exact) mass is 200 g/mol. The third-order valence-electron chi connectivity index (χ3n) is 2.81. The Bertz CT molecular complexity index is 146. The van der Waals surface area contributed by atoms with Crippen LogP contribution in [-0.4, -0.2) is 24.4 Å². The van der Waals surface area contributed by atoms with Crippen molar-refractivity contribution in [3.05, 3.63) is 0 Å². The first kappa shape index (κ1) is 12.0. The van der Waals surface area contributed by atoms with Crippen LogP contribution in [0.3, 0.4) is 0 Å². The predicted octanol–water partition coefficient (Wildman–Crippen LogP) is 3.15. The largest absolute Gasteiger partial charge is 0.375 e. The van der Waals surface area contributed by atoms with Crippen LogP contribution >= 0.6 is 0 Å². The molecule has 1 aliphatic rings. The van der Waals surface area contributed by atoms with E-state index in [2.05, 4.69) is 27.7 Å². The molecule has 0 bridgehead atoms. The molecule has 1 aliphatic carbocycles. The summed E-state index contributed by atoms with van der Waals surface area (Å²) in [4.78, 5) is 0. The summed E-state index contributed by atoms with van der Waals surface area (Å²) in [5.41, 5.74) is 0. The Hall–Kier alpha value is -0.0800. The van der Waals surface area contributed by atoms with Gasteiger partial charge >= 0.3 is 0 Å². The Labute approximate surface area is 88.0 Å². The molecule has 0 atom stereocenters. The molecule has 0 aromatic heterocycles. The quantitative estimate of drug-likeness (QED) is 0.655. The molecule has 0 spiro atoms. The summed E-state index contributed by atoms with van der Waals surface area (Å²) in [6, 6.07) is 0. The van der Waals surface area contributed by atoms with Crippen molar-refractivity contribution in [2.75, 3.05) is 0 Å². The Morgan fingerprint density at radius 3 is 1.93 bits per heavy atom. The highest BCUT2D eigenvalue weighted by Gasteiger charge is 2.32. The van der Waals surface area contributed by atoms with Gasteiger partial charge in [-0.1, -0.05) is 13.8 Å². The molecule has 0 N–H and O–H groups in total. The van der Waals surface area contributed by atoms with Crippen LogP contribution in [-0.2, 0) is 9.47 Å². The van der Waals surface area contributed by atoms with Gasteiger partial charge in [-0.05, 0) is 39.5 Å². The summed E-state index contributed by atoms with van der Waals surface area (Å²) in [7, 11) is 0. The van der Waals surface area contributed by atoms with Crippen LogP contribution in [0, 0.1) is 0 Å². The minimum absolute atomic E-state index is 0.356. The SMILES string of the molecule is CCC(CC)OC1CC(OC(C)C)C1. The zero-order valence-corrected chi connectivity index (χ0v) is 9.95. The molecule has 0 aromatic carbocycles. The van der Waals surface area contributed by atoms with Crippen LogP contribution < -0.4 is 0 Å². The third-order valence-corrected chi connectivity index (χ3v) is 2.81. The van der Waals surface area contributed by atoms with Gasteiger partial charge in [0, 0.05) is 0 Å². The molecule has 0 aromatic rings. The van der Waals surface area contributed by atoms with Crippen molar-refractivity contribution >= 4 is 0 Å². The summed E-state index contributed by atoms with van der Waals surface area (Å²) in [6.45, 7) is 8.56. The molecule has 0 aliphatic heterocycles. The fourth-order valence-corrected chi connectivity index (χ4v) is 1.88. The molecule has 0 saturated heterocycles. The van der Waals surface area contributed by atoms with Gasteiger partial charge < -0.3 is 9.47 Å². The van der Waals surface area contributed by atoms with Crippen molar-refractivity contribution in [2.45, 2.75) is 77.8 Å². The second kappa shape index (κ2) is 5.72. The second-order valence-corrected chi connectivity index (χ2v) is 4.47. The molecule has 1 fully saturated rings. The van der Waals surface area contributed by atoms with Gasteiger partial charge in [0.15, 0.2) is 0 Å². The number of rotatable bonds is 6. The van der Waals surface area contributed by atoms with Crippen LogP contribution in [0.4, 0.5) is 0 Å². The van der Waals surface area contributed by atoms with Crippen molar-refractivity contribution in [1.82, 2.24) is 0 Å². The maximum absolute atomic E-state index is 5.92. The minimum atomic E-state index is 0.356. The van der Waals surface area contributed by atoms with E-state index >= 15 is 0 Å². The zero-order valence-electron chi connectivity index (χ0n) is 9.95.